The SMILES string of the molecule is CC(C)(C)c1ccc([S+](c2ccc(C(C)(C)C)cc2)c2ccc(C(C)(C)C)cc2)cc1.CC(C)(C)c1ccc([S+](c2ccccc2)c2ccc(C(C)(C)C)cc2)cc1.Cc1cc(C)c([S+](c2ccccc2)c2ccccc2)c(C)c1.Cc1ccc([S+](c2ccccc2)c2ccccc2)c(C)c1. The van der Waals surface area contributed by atoms with Gasteiger partial charge in [-0.2, -0.15) is 0 Å². The highest BCUT2D eigenvalue weighted by molar-refractivity contribution is 7.98. The maximum atomic E-state index is 2.33. The molecule has 518 valence electrons. The van der Waals surface area contributed by atoms with E-state index in [0.717, 1.165) is 0 Å². The molecule has 0 aliphatic carbocycles. The van der Waals surface area contributed by atoms with E-state index in [0.29, 0.717) is 0 Å². The van der Waals surface area contributed by atoms with Crippen molar-refractivity contribution >= 4 is 43.6 Å². The third-order valence-corrected chi connectivity index (χ3v) is 27.4. The standard InChI is InChI=1S/C30H39S.C26H31S.C21H21S.C20H19S/c1-28(2,3)22-10-16-25(17-11-22)31(26-18-12-23(13-19-26)29(4,5)6)27-20-14-24(15-21-27)30(7,8)9;1-25(2,3)20-12-16-23(17-13-20)27(22-10-8-7-9-11-22)24-18-14-21(15-19-24)26(4,5)6;1-16-14-17(2)21(18(3)15-16)22(19-10-6-4-7-11-19)20-12-8-5-9-13-20;1-16-13-14-20(17(2)15-16)21(18-9-5-3-6-10-18)19-11-7-4-8-12-19/h10-21H,1-9H3;7-19H,1-6H3;4-15H,1-3H3;3-15H,1-2H3/q4*+1. The fourth-order valence-electron chi connectivity index (χ4n) is 12.3. The Kier molecular flexibility index (Phi) is 25.9. The highest BCUT2D eigenvalue weighted by atomic mass is 32.2. The van der Waals surface area contributed by atoms with Crippen molar-refractivity contribution in [3.63, 3.8) is 0 Å². The lowest BCUT2D eigenvalue weighted by Crippen LogP contribution is -2.13. The minimum absolute atomic E-state index is 0.0345. The van der Waals surface area contributed by atoms with Crippen LogP contribution in [0.3, 0.4) is 0 Å². The first-order chi connectivity index (χ1) is 47.8. The third kappa shape index (κ3) is 20.9. The molecule has 0 unspecified atom stereocenters. The van der Waals surface area contributed by atoms with Gasteiger partial charge in [-0.15, -0.1) is 0 Å². The number of aryl methyl sites for hydroxylation is 5. The van der Waals surface area contributed by atoms with Crippen molar-refractivity contribution in [3.8, 4) is 0 Å². The summed E-state index contributed by atoms with van der Waals surface area (Å²) in [6.07, 6.45) is 0. The predicted molar refractivity (Wildman–Crippen MR) is 443 cm³/mol. The molecule has 0 saturated carbocycles. The summed E-state index contributed by atoms with van der Waals surface area (Å²) in [5.74, 6) is 0. The molecular formula is C97H110S4+4. The molecule has 101 heavy (non-hydrogen) atoms. The molecule has 0 saturated heterocycles. The molecule has 0 aromatic heterocycles. The Hall–Kier alpha value is -7.96. The van der Waals surface area contributed by atoms with Crippen LogP contribution < -0.4 is 0 Å². The molecule has 0 heterocycles. The molecule has 12 aromatic carbocycles. The predicted octanol–water partition coefficient (Wildman–Crippen LogP) is 27.2. The van der Waals surface area contributed by atoms with Gasteiger partial charge in [0.05, 0.1) is 43.6 Å². The summed E-state index contributed by atoms with van der Waals surface area (Å²) in [4.78, 5) is 16.6. The summed E-state index contributed by atoms with van der Waals surface area (Å²) in [7, 11) is -0.285. The number of hydrogen-bond acceptors (Lipinski definition) is 0. The van der Waals surface area contributed by atoms with Gasteiger partial charge in [-0.05, 0) is 217 Å². The zero-order valence-corrected chi connectivity index (χ0v) is 67.3. The Morgan fingerprint density at radius 3 is 0.594 bits per heavy atom. The lowest BCUT2D eigenvalue weighted by atomic mass is 9.87. The molecule has 0 radical (unpaired) electrons. The molecule has 0 bridgehead atoms. The Balaban J connectivity index is 0.000000159. The Bertz CT molecular complexity index is 4210. The van der Waals surface area contributed by atoms with Crippen molar-refractivity contribution in [2.45, 2.75) is 224 Å². The lowest BCUT2D eigenvalue weighted by molar-refractivity contribution is 0.589. The van der Waals surface area contributed by atoms with Crippen LogP contribution in [-0.2, 0) is 70.7 Å². The molecule has 0 aliphatic heterocycles. The first-order valence-corrected chi connectivity index (χ1v) is 40.7. The molecule has 12 aromatic rings. The van der Waals surface area contributed by atoms with Crippen LogP contribution in [0.4, 0.5) is 0 Å². The second-order valence-electron chi connectivity index (χ2n) is 31.7. The van der Waals surface area contributed by atoms with Gasteiger partial charge in [-0.3, -0.25) is 0 Å². The first-order valence-electron chi connectivity index (χ1n) is 35.8. The topological polar surface area (TPSA) is 0 Å². The smallest absolute Gasteiger partial charge is 0.0619 e. The van der Waals surface area contributed by atoms with Crippen molar-refractivity contribution in [2.75, 3.05) is 0 Å². The summed E-state index contributed by atoms with van der Waals surface area (Å²) in [5, 5.41) is 0. The third-order valence-electron chi connectivity index (χ3n) is 18.0. The fourth-order valence-corrected chi connectivity index (χ4v) is 21.0. The van der Waals surface area contributed by atoms with Crippen LogP contribution in [-0.4, -0.2) is 0 Å². The van der Waals surface area contributed by atoms with E-state index in [1.54, 1.807) is 0 Å². The molecule has 0 spiro atoms. The summed E-state index contributed by atoms with van der Waals surface area (Å²) in [6, 6.07) is 112. The van der Waals surface area contributed by atoms with Crippen molar-refractivity contribution in [3.05, 3.63) is 359 Å². The van der Waals surface area contributed by atoms with Gasteiger partial charge in [0.15, 0.2) is 58.7 Å². The van der Waals surface area contributed by atoms with Crippen LogP contribution in [0.2, 0.25) is 0 Å². The summed E-state index contributed by atoms with van der Waals surface area (Å²) < 4.78 is 0. The van der Waals surface area contributed by atoms with Gasteiger partial charge >= 0.3 is 0 Å². The van der Waals surface area contributed by atoms with Crippen LogP contribution in [0.5, 0.6) is 0 Å². The van der Waals surface area contributed by atoms with Gasteiger partial charge in [-0.25, -0.2) is 0 Å². The van der Waals surface area contributed by atoms with Crippen molar-refractivity contribution in [2.24, 2.45) is 0 Å². The van der Waals surface area contributed by atoms with Gasteiger partial charge in [-0.1, -0.05) is 291 Å². The van der Waals surface area contributed by atoms with Crippen LogP contribution >= 0.6 is 0 Å². The van der Waals surface area contributed by atoms with E-state index in [2.05, 4.69) is 442 Å². The second kappa shape index (κ2) is 33.9. The van der Waals surface area contributed by atoms with E-state index in [4.69, 9.17) is 0 Å². The maximum absolute atomic E-state index is 2.33. The molecule has 0 aliphatic rings. The van der Waals surface area contributed by atoms with Crippen LogP contribution in [0.25, 0.3) is 0 Å². The number of rotatable bonds is 12. The molecule has 0 nitrogen and oxygen atoms in total. The van der Waals surface area contributed by atoms with Gasteiger partial charge in [0.1, 0.15) is 0 Å². The number of benzene rings is 12. The monoisotopic (exact) mass is 1400 g/mol. The van der Waals surface area contributed by atoms with Crippen LogP contribution in [0, 0.1) is 34.6 Å². The molecule has 0 amide bonds. The van der Waals surface area contributed by atoms with E-state index in [1.807, 2.05) is 0 Å². The van der Waals surface area contributed by atoms with Gasteiger partial charge in [0.25, 0.3) is 0 Å². The quantitative estimate of drug-likeness (QED) is 0.107. The Morgan fingerprint density at radius 2 is 0.376 bits per heavy atom. The average Bonchev–Trinajstić information content (AvgIpc) is 0.806. The summed E-state index contributed by atoms with van der Waals surface area (Å²) >= 11 is 0. The molecule has 4 heteroatoms. The maximum Gasteiger partial charge on any atom is 0.172 e. The average molecular weight is 1400 g/mol. The normalized spacial score (nSPS) is 11.9. The molecule has 0 N–H and O–H groups in total. The fraction of sp³-hybridized carbons (Fsp3) is 0.258. The second-order valence-corrected chi connectivity index (χ2v) is 39.7. The van der Waals surface area contributed by atoms with Gasteiger partial charge in [0, 0.05) is 16.7 Å². The van der Waals surface area contributed by atoms with Crippen molar-refractivity contribution in [1.29, 1.82) is 0 Å². The Labute approximate surface area is 622 Å². The van der Waals surface area contributed by atoms with Crippen LogP contribution in [0.1, 0.15) is 159 Å². The zero-order chi connectivity index (χ0) is 72.9. The van der Waals surface area contributed by atoms with E-state index < -0.39 is 0 Å². The highest BCUT2D eigenvalue weighted by Crippen LogP contribution is 2.40. The summed E-state index contributed by atoms with van der Waals surface area (Å²) in [6.45, 7) is 45.1. The van der Waals surface area contributed by atoms with E-state index in [9.17, 15) is 0 Å². The minimum atomic E-state index is -0.120. The summed E-state index contributed by atoms with van der Waals surface area (Å²) in [5.41, 5.74) is 14.5. The molecule has 0 fully saturated rings. The molecule has 12 rings (SSSR count). The zero-order valence-electron chi connectivity index (χ0n) is 64.0. The largest absolute Gasteiger partial charge is 0.172 e. The van der Waals surface area contributed by atoms with Crippen molar-refractivity contribution in [1.82, 2.24) is 0 Å². The highest BCUT2D eigenvalue weighted by Gasteiger charge is 2.35. The van der Waals surface area contributed by atoms with Crippen molar-refractivity contribution < 1.29 is 0 Å². The van der Waals surface area contributed by atoms with Gasteiger partial charge in [0.2, 0.25) is 0 Å². The molecule has 0 atom stereocenters. The van der Waals surface area contributed by atoms with E-state index >= 15 is 0 Å². The van der Waals surface area contributed by atoms with Gasteiger partial charge < -0.3 is 0 Å². The number of hydrogen-bond donors (Lipinski definition) is 0. The van der Waals surface area contributed by atoms with E-state index in [1.165, 1.54) is 114 Å². The first kappa shape index (κ1) is 77.2. The Morgan fingerprint density at radius 1 is 0.178 bits per heavy atom. The van der Waals surface area contributed by atoms with E-state index in [-0.39, 0.29) is 70.7 Å². The molecular weight excluding hydrogens is 1290 g/mol. The lowest BCUT2D eigenvalue weighted by Gasteiger charge is -2.21. The van der Waals surface area contributed by atoms with Crippen LogP contribution in [0.15, 0.2) is 362 Å². The minimum Gasteiger partial charge on any atom is -0.0619 e.